The molecule has 3 rings (SSSR count). The fraction of sp³-hybridized carbons (Fsp3) is 0.458. The van der Waals surface area contributed by atoms with Crippen molar-refractivity contribution in [3.05, 3.63) is 58.7 Å². The number of hydrogen-bond acceptors (Lipinski definition) is 4. The van der Waals surface area contributed by atoms with E-state index in [-0.39, 0.29) is 11.9 Å². The Kier molecular flexibility index (Phi) is 6.11. The van der Waals surface area contributed by atoms with E-state index in [1.54, 1.807) is 19.1 Å². The number of hydrogen-bond donors (Lipinski definition) is 1. The van der Waals surface area contributed by atoms with Crippen molar-refractivity contribution in [1.29, 1.82) is 0 Å². The molecule has 31 heavy (non-hydrogen) atoms. The van der Waals surface area contributed by atoms with Gasteiger partial charge in [0.2, 0.25) is 15.9 Å². The van der Waals surface area contributed by atoms with Crippen molar-refractivity contribution in [2.24, 2.45) is 0 Å². The third-order valence-corrected chi connectivity index (χ3v) is 7.02. The van der Waals surface area contributed by atoms with Gasteiger partial charge in [-0.25, -0.2) is 8.42 Å². The van der Waals surface area contributed by atoms with Crippen molar-refractivity contribution in [2.45, 2.75) is 65.6 Å². The van der Waals surface area contributed by atoms with Crippen LogP contribution in [-0.2, 0) is 14.8 Å². The molecule has 6 nitrogen and oxygen atoms in total. The Hall–Kier alpha value is -2.54. The van der Waals surface area contributed by atoms with Crippen LogP contribution in [0.4, 0.5) is 5.69 Å². The number of sulfonamides is 1. The average Bonchev–Trinajstić information content (AvgIpc) is 2.62. The summed E-state index contributed by atoms with van der Waals surface area (Å²) in [5, 5.41) is 3.07. The summed E-state index contributed by atoms with van der Waals surface area (Å²) in [6.07, 6.45) is 1.71. The summed E-state index contributed by atoms with van der Waals surface area (Å²) in [6, 6.07) is 10.2. The molecule has 0 spiro atoms. The van der Waals surface area contributed by atoms with Gasteiger partial charge in [-0.2, -0.15) is 0 Å². The lowest BCUT2D eigenvalue weighted by atomic mass is 9.89. The predicted octanol–water partition coefficient (Wildman–Crippen LogP) is 4.18. The Morgan fingerprint density at radius 2 is 1.81 bits per heavy atom. The number of amides is 1. The fourth-order valence-electron chi connectivity index (χ4n) is 4.05. The molecule has 0 unspecified atom stereocenters. The van der Waals surface area contributed by atoms with Crippen LogP contribution in [0.15, 0.2) is 36.4 Å². The fourth-order valence-corrected chi connectivity index (χ4v) is 5.22. The molecule has 0 saturated heterocycles. The maximum absolute atomic E-state index is 13.3. The van der Waals surface area contributed by atoms with Crippen molar-refractivity contribution >= 4 is 21.6 Å². The number of nitrogens with one attached hydrogen (secondary N) is 1. The van der Waals surface area contributed by atoms with E-state index in [1.165, 1.54) is 4.31 Å². The van der Waals surface area contributed by atoms with Gasteiger partial charge in [-0.05, 0) is 76.4 Å². The van der Waals surface area contributed by atoms with Crippen LogP contribution in [0.25, 0.3) is 0 Å². The highest BCUT2D eigenvalue weighted by Gasteiger charge is 2.37. The van der Waals surface area contributed by atoms with Gasteiger partial charge in [0.1, 0.15) is 17.4 Å². The predicted molar refractivity (Wildman–Crippen MR) is 124 cm³/mol. The van der Waals surface area contributed by atoms with Crippen LogP contribution < -0.4 is 14.4 Å². The molecule has 0 radical (unpaired) electrons. The van der Waals surface area contributed by atoms with Crippen LogP contribution in [0.2, 0.25) is 0 Å². The number of carbonyl (C=O) groups excluding carboxylic acids is 1. The molecule has 0 aromatic heterocycles. The molecule has 7 heteroatoms. The summed E-state index contributed by atoms with van der Waals surface area (Å²) >= 11 is 0. The van der Waals surface area contributed by atoms with Gasteiger partial charge in [0, 0.05) is 12.0 Å². The highest BCUT2D eigenvalue weighted by atomic mass is 32.2. The Balaban J connectivity index is 1.92. The number of aryl methyl sites for hydroxylation is 3. The van der Waals surface area contributed by atoms with Crippen molar-refractivity contribution < 1.29 is 17.9 Å². The SMILES string of the molecule is Cc1ccc2c(c1)OC(C)(C)C[C@H]2NC(=O)[C@H](C)N(c1ccc(C)c(C)c1)S(C)(=O)=O. The highest BCUT2D eigenvalue weighted by Crippen LogP contribution is 2.40. The van der Waals surface area contributed by atoms with Gasteiger partial charge in [0.15, 0.2) is 0 Å². The first-order valence-corrected chi connectivity index (χ1v) is 12.3. The van der Waals surface area contributed by atoms with Crippen LogP contribution in [0, 0.1) is 20.8 Å². The lowest BCUT2D eigenvalue weighted by molar-refractivity contribution is -0.123. The van der Waals surface area contributed by atoms with Gasteiger partial charge in [-0.1, -0.05) is 18.2 Å². The normalized spacial score (nSPS) is 18.5. The van der Waals surface area contributed by atoms with Gasteiger partial charge in [-0.3, -0.25) is 9.10 Å². The first kappa shape index (κ1) is 23.1. The molecule has 1 N–H and O–H groups in total. The summed E-state index contributed by atoms with van der Waals surface area (Å²) in [4.78, 5) is 13.3. The van der Waals surface area contributed by atoms with Crippen LogP contribution in [0.3, 0.4) is 0 Å². The number of nitrogens with zero attached hydrogens (tertiary/aromatic N) is 1. The van der Waals surface area contributed by atoms with Crippen LogP contribution in [-0.4, -0.2) is 32.2 Å². The minimum Gasteiger partial charge on any atom is -0.487 e. The van der Waals surface area contributed by atoms with E-state index in [1.807, 2.05) is 58.9 Å². The van der Waals surface area contributed by atoms with E-state index >= 15 is 0 Å². The minimum absolute atomic E-state index is 0.268. The van der Waals surface area contributed by atoms with E-state index in [0.29, 0.717) is 12.1 Å². The van der Waals surface area contributed by atoms with Gasteiger partial charge >= 0.3 is 0 Å². The second-order valence-electron chi connectivity index (χ2n) is 9.17. The van der Waals surface area contributed by atoms with Crippen molar-refractivity contribution in [3.63, 3.8) is 0 Å². The summed E-state index contributed by atoms with van der Waals surface area (Å²) in [7, 11) is -3.67. The Bertz CT molecular complexity index is 1110. The zero-order valence-corrected chi connectivity index (χ0v) is 20.1. The minimum atomic E-state index is -3.67. The summed E-state index contributed by atoms with van der Waals surface area (Å²) in [5.74, 6) is 0.404. The topological polar surface area (TPSA) is 75.7 Å². The molecule has 1 aliphatic rings. The first-order valence-electron chi connectivity index (χ1n) is 10.4. The van der Waals surface area contributed by atoms with Crippen LogP contribution >= 0.6 is 0 Å². The Morgan fingerprint density at radius 3 is 2.42 bits per heavy atom. The van der Waals surface area contributed by atoms with E-state index in [9.17, 15) is 13.2 Å². The number of rotatable bonds is 5. The summed E-state index contributed by atoms with van der Waals surface area (Å²) < 4.78 is 32.6. The molecule has 0 aliphatic carbocycles. The van der Waals surface area contributed by atoms with Gasteiger partial charge in [0.25, 0.3) is 0 Å². The third-order valence-electron chi connectivity index (χ3n) is 5.78. The van der Waals surface area contributed by atoms with E-state index < -0.39 is 21.7 Å². The standard InChI is InChI=1S/C24H32N2O4S/c1-15-8-11-20-21(14-24(5,6)30-22(20)12-15)25-23(27)18(4)26(31(7,28)29)19-10-9-16(2)17(3)13-19/h8-13,18,21H,14H2,1-7H3,(H,25,27)/t18-,21+/m0/s1. The molecular formula is C24H32N2O4S. The van der Waals surface area contributed by atoms with Crippen LogP contribution in [0.5, 0.6) is 5.75 Å². The smallest absolute Gasteiger partial charge is 0.244 e. The molecule has 0 bridgehead atoms. The lowest BCUT2D eigenvalue weighted by Crippen LogP contribution is -2.50. The summed E-state index contributed by atoms with van der Waals surface area (Å²) in [5.41, 5.74) is 4.04. The largest absolute Gasteiger partial charge is 0.487 e. The van der Waals surface area contributed by atoms with Gasteiger partial charge in [0.05, 0.1) is 18.0 Å². The molecule has 1 amide bonds. The monoisotopic (exact) mass is 444 g/mol. The second-order valence-corrected chi connectivity index (χ2v) is 11.0. The van der Waals surface area contributed by atoms with E-state index in [4.69, 9.17) is 4.74 Å². The number of carbonyl (C=O) groups is 1. The zero-order valence-electron chi connectivity index (χ0n) is 19.3. The maximum atomic E-state index is 13.3. The molecule has 0 fully saturated rings. The van der Waals surface area contributed by atoms with Gasteiger partial charge < -0.3 is 10.1 Å². The van der Waals surface area contributed by atoms with Crippen molar-refractivity contribution in [2.75, 3.05) is 10.6 Å². The molecule has 1 aliphatic heterocycles. The average molecular weight is 445 g/mol. The molecule has 2 atom stereocenters. The number of fused-ring (bicyclic) bond motifs is 1. The maximum Gasteiger partial charge on any atom is 0.244 e. The molecule has 0 saturated carbocycles. The Morgan fingerprint density at radius 1 is 1.13 bits per heavy atom. The highest BCUT2D eigenvalue weighted by molar-refractivity contribution is 7.92. The Labute approximate surface area is 185 Å². The first-order chi connectivity index (χ1) is 14.3. The van der Waals surface area contributed by atoms with Crippen molar-refractivity contribution in [1.82, 2.24) is 5.32 Å². The number of anilines is 1. The van der Waals surface area contributed by atoms with Crippen LogP contribution in [0.1, 0.15) is 55.5 Å². The van der Waals surface area contributed by atoms with Crippen molar-refractivity contribution in [3.8, 4) is 5.75 Å². The number of ether oxygens (including phenoxy) is 1. The molecular weight excluding hydrogens is 412 g/mol. The zero-order chi connectivity index (χ0) is 23.1. The third kappa shape index (κ3) is 5.03. The molecule has 2 aromatic rings. The van der Waals surface area contributed by atoms with Gasteiger partial charge in [-0.15, -0.1) is 0 Å². The van der Waals surface area contributed by atoms with E-state index in [0.717, 1.165) is 34.3 Å². The molecule has 1 heterocycles. The molecule has 168 valence electrons. The molecule has 2 aromatic carbocycles. The quantitative estimate of drug-likeness (QED) is 0.750. The number of benzene rings is 2. The summed E-state index contributed by atoms with van der Waals surface area (Å²) in [6.45, 7) is 11.5. The van der Waals surface area contributed by atoms with E-state index in [2.05, 4.69) is 5.32 Å². The lowest BCUT2D eigenvalue weighted by Gasteiger charge is -2.39. The second kappa shape index (κ2) is 8.19.